The van der Waals surface area contributed by atoms with Crippen molar-refractivity contribution < 1.29 is 19.8 Å². The summed E-state index contributed by atoms with van der Waals surface area (Å²) < 4.78 is 6.29. The van der Waals surface area contributed by atoms with Crippen LogP contribution >= 0.6 is 0 Å². The number of hydrogen-bond donors (Lipinski definition) is 2. The molecule has 130 valence electrons. The molecule has 0 saturated carbocycles. The number of methoxy groups -OCH3 is 1. The molecule has 0 unspecified atom stereocenters. The molecule has 0 saturated heterocycles. The average molecular weight is 334 g/mol. The van der Waals surface area contributed by atoms with Gasteiger partial charge in [-0.2, -0.15) is 0 Å². The fraction of sp³-hybridized carbons (Fsp3) is 0.412. The van der Waals surface area contributed by atoms with Crippen molar-refractivity contribution in [1.82, 2.24) is 9.71 Å². The molecule has 0 radical (unpaired) electrons. The number of rotatable bonds is 6. The van der Waals surface area contributed by atoms with E-state index in [9.17, 15) is 15.0 Å². The van der Waals surface area contributed by atoms with E-state index in [-0.39, 0.29) is 23.2 Å². The van der Waals surface area contributed by atoms with E-state index >= 15 is 0 Å². The van der Waals surface area contributed by atoms with Crippen LogP contribution in [-0.2, 0) is 0 Å². The summed E-state index contributed by atoms with van der Waals surface area (Å²) in [5, 5.41) is 20.1. The third-order valence-corrected chi connectivity index (χ3v) is 3.99. The number of nitrogens with zero attached hydrogens (tertiary/aromatic N) is 2. The number of hydrogen-bond acceptors (Lipinski definition) is 6. The van der Waals surface area contributed by atoms with Crippen molar-refractivity contribution in [1.29, 1.82) is 0 Å². The Bertz CT molecular complexity index is 755. The van der Waals surface area contributed by atoms with Crippen LogP contribution < -0.4 is 15.1 Å². The molecule has 0 spiro atoms. The van der Waals surface area contributed by atoms with E-state index < -0.39 is 11.7 Å². The predicted octanol–water partition coefficient (Wildman–Crippen LogP) is 1.61. The molecule has 0 bridgehead atoms. The summed E-state index contributed by atoms with van der Waals surface area (Å²) in [6.45, 7) is 3.84. The van der Waals surface area contributed by atoms with E-state index in [2.05, 4.69) is 4.98 Å². The second kappa shape index (κ2) is 7.35. The molecule has 7 nitrogen and oxygen atoms in total. The van der Waals surface area contributed by atoms with Crippen molar-refractivity contribution in [2.24, 2.45) is 0 Å². The van der Waals surface area contributed by atoms with Crippen molar-refractivity contribution in [2.45, 2.75) is 32.3 Å². The Morgan fingerprint density at radius 2 is 1.88 bits per heavy atom. The smallest absolute Gasteiger partial charge is 0.305 e. The van der Waals surface area contributed by atoms with Crippen molar-refractivity contribution in [3.8, 4) is 11.6 Å². The number of aromatic hydroxyl groups is 1. The Morgan fingerprint density at radius 3 is 2.38 bits per heavy atom. The first kappa shape index (κ1) is 17.8. The minimum absolute atomic E-state index is 0.0762. The van der Waals surface area contributed by atoms with E-state index in [0.717, 1.165) is 11.2 Å². The predicted molar refractivity (Wildman–Crippen MR) is 88.4 cm³/mol. The second-order valence-electron chi connectivity index (χ2n) is 5.48. The number of aliphatic hydroxyl groups excluding tert-OH is 1. The lowest BCUT2D eigenvalue weighted by atomic mass is 10.0. The Kier molecular flexibility index (Phi) is 5.46. The van der Waals surface area contributed by atoms with Crippen LogP contribution in [0.15, 0.2) is 29.1 Å². The molecule has 1 heterocycles. The monoisotopic (exact) mass is 334 g/mol. The number of ether oxygens (including phenoxy) is 1. The highest BCUT2D eigenvalue weighted by Gasteiger charge is 2.27. The highest BCUT2D eigenvalue weighted by molar-refractivity contribution is 5.35. The summed E-state index contributed by atoms with van der Waals surface area (Å²) >= 11 is 0. The lowest BCUT2D eigenvalue weighted by Gasteiger charge is -2.21. The third-order valence-electron chi connectivity index (χ3n) is 3.99. The molecular weight excluding hydrogens is 312 g/mol. The Balaban J connectivity index is 2.66. The highest BCUT2D eigenvalue weighted by Crippen LogP contribution is 2.29. The molecule has 2 atom stereocenters. The maximum absolute atomic E-state index is 12.6. The molecule has 1 aromatic heterocycles. The Morgan fingerprint density at radius 1 is 1.25 bits per heavy atom. The summed E-state index contributed by atoms with van der Waals surface area (Å²) in [5.41, 5.74) is 0.454. The Labute approximate surface area is 140 Å². The quantitative estimate of drug-likeness (QED) is 0.833. The molecule has 2 rings (SSSR count). The summed E-state index contributed by atoms with van der Waals surface area (Å²) in [6.07, 6.45) is -0.471. The Hall–Kier alpha value is -2.54. The summed E-state index contributed by atoms with van der Waals surface area (Å²) in [4.78, 5) is 22.1. The molecule has 7 heteroatoms. The van der Waals surface area contributed by atoms with Gasteiger partial charge in [0.05, 0.1) is 7.11 Å². The summed E-state index contributed by atoms with van der Waals surface area (Å²) in [7, 11) is 2.76. The molecule has 0 aliphatic heterocycles. The van der Waals surface area contributed by atoms with Crippen LogP contribution in [0.3, 0.4) is 0 Å². The SMILES string of the molecule is CC[C@H](C)c1nc(OC)c([C@H](O)c2ccc(O)cc2)n(OC)c1=O. The summed E-state index contributed by atoms with van der Waals surface area (Å²) in [5.74, 6) is 0.118. The van der Waals surface area contributed by atoms with E-state index in [1.165, 1.54) is 26.4 Å². The van der Waals surface area contributed by atoms with E-state index in [4.69, 9.17) is 9.57 Å². The van der Waals surface area contributed by atoms with Gasteiger partial charge in [-0.05, 0) is 24.1 Å². The largest absolute Gasteiger partial charge is 0.508 e. The second-order valence-corrected chi connectivity index (χ2v) is 5.48. The lowest BCUT2D eigenvalue weighted by molar-refractivity contribution is 0.108. The van der Waals surface area contributed by atoms with Crippen LogP contribution in [0.1, 0.15) is 49.2 Å². The maximum atomic E-state index is 12.6. The van der Waals surface area contributed by atoms with Gasteiger partial charge < -0.3 is 19.8 Å². The minimum atomic E-state index is -1.20. The van der Waals surface area contributed by atoms with Crippen LogP contribution in [0.5, 0.6) is 11.6 Å². The van der Waals surface area contributed by atoms with E-state index in [0.29, 0.717) is 11.3 Å². The van der Waals surface area contributed by atoms with Crippen molar-refractivity contribution in [2.75, 3.05) is 14.2 Å². The molecule has 0 aliphatic carbocycles. The minimum Gasteiger partial charge on any atom is -0.508 e. The van der Waals surface area contributed by atoms with E-state index in [1.54, 1.807) is 12.1 Å². The fourth-order valence-corrected chi connectivity index (χ4v) is 2.40. The zero-order valence-corrected chi connectivity index (χ0v) is 14.2. The highest BCUT2D eigenvalue weighted by atomic mass is 16.7. The lowest BCUT2D eigenvalue weighted by Crippen LogP contribution is -2.34. The topological polar surface area (TPSA) is 93.8 Å². The fourth-order valence-electron chi connectivity index (χ4n) is 2.40. The van der Waals surface area contributed by atoms with Gasteiger partial charge in [-0.1, -0.05) is 26.0 Å². The van der Waals surface area contributed by atoms with E-state index in [1.807, 2.05) is 13.8 Å². The van der Waals surface area contributed by atoms with Gasteiger partial charge in [0.15, 0.2) is 5.69 Å². The van der Waals surface area contributed by atoms with Gasteiger partial charge in [-0.3, -0.25) is 4.79 Å². The van der Waals surface area contributed by atoms with Gasteiger partial charge >= 0.3 is 5.56 Å². The van der Waals surface area contributed by atoms with Crippen molar-refractivity contribution >= 4 is 0 Å². The van der Waals surface area contributed by atoms with Crippen LogP contribution in [0.4, 0.5) is 0 Å². The third kappa shape index (κ3) is 3.21. The summed E-state index contributed by atoms with van der Waals surface area (Å²) in [6, 6.07) is 5.99. The molecule has 2 N–H and O–H groups in total. The van der Waals surface area contributed by atoms with Crippen LogP contribution in [0, 0.1) is 0 Å². The number of phenolic OH excluding ortho intramolecular Hbond substituents is 1. The molecular formula is C17H22N2O5. The molecule has 0 aliphatic rings. The molecule has 2 aromatic rings. The first-order valence-electron chi connectivity index (χ1n) is 7.66. The van der Waals surface area contributed by atoms with Gasteiger partial charge in [0.2, 0.25) is 5.88 Å². The van der Waals surface area contributed by atoms with Gasteiger partial charge in [-0.25, -0.2) is 4.98 Å². The maximum Gasteiger partial charge on any atom is 0.305 e. The zero-order chi connectivity index (χ0) is 17.9. The normalized spacial score (nSPS) is 13.4. The van der Waals surface area contributed by atoms with Gasteiger partial charge in [-0.15, -0.1) is 4.73 Å². The average Bonchev–Trinajstić information content (AvgIpc) is 2.60. The standard InChI is InChI=1S/C17H22N2O5/c1-5-10(2)13-17(22)19(24-4)14(16(18-13)23-3)15(21)11-6-8-12(20)9-7-11/h6-10,15,20-21H,5H2,1-4H3/t10-,15+/m0/s1. The van der Waals surface area contributed by atoms with Crippen LogP contribution in [0.2, 0.25) is 0 Å². The van der Waals surface area contributed by atoms with Gasteiger partial charge in [0.1, 0.15) is 24.7 Å². The van der Waals surface area contributed by atoms with Crippen LogP contribution in [0.25, 0.3) is 0 Å². The van der Waals surface area contributed by atoms with Gasteiger partial charge in [0.25, 0.3) is 0 Å². The molecule has 1 aromatic carbocycles. The van der Waals surface area contributed by atoms with Crippen LogP contribution in [-0.4, -0.2) is 34.1 Å². The molecule has 0 fully saturated rings. The molecule has 24 heavy (non-hydrogen) atoms. The zero-order valence-electron chi connectivity index (χ0n) is 14.2. The first-order chi connectivity index (χ1) is 11.4. The number of benzene rings is 1. The number of aromatic nitrogens is 2. The first-order valence-corrected chi connectivity index (χ1v) is 7.66. The number of aliphatic hydroxyl groups is 1. The van der Waals surface area contributed by atoms with Crippen molar-refractivity contribution in [3.63, 3.8) is 0 Å². The number of phenols is 1. The van der Waals surface area contributed by atoms with Gasteiger partial charge in [0, 0.05) is 5.92 Å². The molecule has 0 amide bonds. The van der Waals surface area contributed by atoms with Crippen molar-refractivity contribution in [3.05, 3.63) is 51.6 Å².